The highest BCUT2D eigenvalue weighted by molar-refractivity contribution is 8.16. The van der Waals surface area contributed by atoms with E-state index in [9.17, 15) is 22.4 Å². The second-order valence-corrected chi connectivity index (χ2v) is 11.1. The van der Waals surface area contributed by atoms with Gasteiger partial charge in [0.1, 0.15) is 16.8 Å². The summed E-state index contributed by atoms with van der Waals surface area (Å²) < 4.78 is 48.1. The Morgan fingerprint density at radius 1 is 1.16 bits per heavy atom. The number of anilines is 1. The zero-order valence-corrected chi connectivity index (χ0v) is 22.2. The number of nitrogens with one attached hydrogen (secondary N) is 1. The molecule has 11 heteroatoms. The molecule has 37 heavy (non-hydrogen) atoms. The Kier molecular flexibility index (Phi) is 10.3. The molecule has 1 saturated heterocycles. The first-order valence-electron chi connectivity index (χ1n) is 12.0. The molecule has 2 amide bonds. The van der Waals surface area contributed by atoms with Crippen LogP contribution in [0.5, 0.6) is 5.75 Å². The third-order valence-corrected chi connectivity index (χ3v) is 7.99. The van der Waals surface area contributed by atoms with Crippen LogP contribution in [0.1, 0.15) is 39.0 Å². The Labute approximate surface area is 221 Å². The average molecular weight is 548 g/mol. The highest BCUT2D eigenvalue weighted by Gasteiger charge is 2.39. The van der Waals surface area contributed by atoms with Gasteiger partial charge in [0, 0.05) is 18.7 Å². The van der Waals surface area contributed by atoms with E-state index in [1.54, 1.807) is 24.3 Å². The van der Waals surface area contributed by atoms with Crippen molar-refractivity contribution in [1.29, 1.82) is 0 Å². The van der Waals surface area contributed by atoms with E-state index < -0.39 is 32.9 Å². The number of rotatable bonds is 13. The number of nitrogens with zero attached hydrogens (tertiary/aromatic N) is 2. The molecule has 1 N–H and O–H groups in total. The van der Waals surface area contributed by atoms with Crippen LogP contribution in [0, 0.1) is 5.82 Å². The van der Waals surface area contributed by atoms with Gasteiger partial charge < -0.3 is 10.1 Å². The van der Waals surface area contributed by atoms with Crippen molar-refractivity contribution in [1.82, 2.24) is 4.90 Å². The maximum Gasteiger partial charge on any atom is 0.284 e. The minimum atomic E-state index is -4.19. The van der Waals surface area contributed by atoms with Crippen LogP contribution in [-0.2, 0) is 19.6 Å². The van der Waals surface area contributed by atoms with Crippen LogP contribution in [0.2, 0.25) is 0 Å². The zero-order valence-electron chi connectivity index (χ0n) is 20.6. The van der Waals surface area contributed by atoms with E-state index >= 15 is 0 Å². The van der Waals surface area contributed by atoms with E-state index in [1.807, 2.05) is 0 Å². The Morgan fingerprint density at radius 2 is 1.86 bits per heavy atom. The molecule has 1 aliphatic heterocycles. The number of thioether (sulfide) groups is 1. The zero-order chi connectivity index (χ0) is 26.8. The number of halogens is 1. The van der Waals surface area contributed by atoms with Crippen LogP contribution in [0.15, 0.2) is 70.5 Å². The van der Waals surface area contributed by atoms with Gasteiger partial charge in [-0.3, -0.25) is 14.5 Å². The highest BCUT2D eigenvalue weighted by atomic mass is 32.2. The van der Waals surface area contributed by atoms with Crippen molar-refractivity contribution in [2.45, 2.75) is 49.2 Å². The number of amides is 2. The summed E-state index contributed by atoms with van der Waals surface area (Å²) in [5.41, 5.74) is 0.550. The van der Waals surface area contributed by atoms with Crippen molar-refractivity contribution >= 4 is 44.5 Å². The molecule has 1 aliphatic rings. The third kappa shape index (κ3) is 8.16. The summed E-state index contributed by atoms with van der Waals surface area (Å²) in [6, 6.07) is 11.2. The van der Waals surface area contributed by atoms with Crippen molar-refractivity contribution in [2.75, 3.05) is 18.5 Å². The van der Waals surface area contributed by atoms with Gasteiger partial charge in [0.2, 0.25) is 11.8 Å². The standard InChI is InChI=1S/C26H30FN3O5S2/c1-3-5-6-7-17-35-21-12-10-20(11-13-21)28-24(31)18-23-25(32)30(16-4-2)26(36-23)29-37(33,34)22-14-8-19(27)9-15-22/h4,8-15,23H,2-3,5-7,16-18H2,1H3,(H,28,31)/b29-26+. The number of ether oxygens (including phenoxy) is 1. The van der Waals surface area contributed by atoms with Crippen molar-refractivity contribution in [3.8, 4) is 5.75 Å². The quantitative estimate of drug-likeness (QED) is 0.280. The van der Waals surface area contributed by atoms with Crippen LogP contribution < -0.4 is 10.1 Å². The molecule has 0 aliphatic carbocycles. The SMILES string of the molecule is C=CCN1C(=O)C(CC(=O)Nc2ccc(OCCCCCC)cc2)S/C1=N/S(=O)(=O)c1ccc(F)cc1. The van der Waals surface area contributed by atoms with Crippen molar-refractivity contribution in [3.63, 3.8) is 0 Å². The number of hydrogen-bond acceptors (Lipinski definition) is 6. The number of sulfonamides is 1. The number of amidine groups is 1. The van der Waals surface area contributed by atoms with Gasteiger partial charge in [-0.15, -0.1) is 11.0 Å². The fourth-order valence-corrected chi connectivity index (χ4v) is 5.87. The van der Waals surface area contributed by atoms with Crippen LogP contribution in [-0.4, -0.2) is 48.7 Å². The van der Waals surface area contributed by atoms with E-state index in [0.717, 1.165) is 55.3 Å². The minimum Gasteiger partial charge on any atom is -0.494 e. The summed E-state index contributed by atoms with van der Waals surface area (Å²) in [4.78, 5) is 26.5. The summed E-state index contributed by atoms with van der Waals surface area (Å²) in [5, 5.41) is 1.83. The average Bonchev–Trinajstić information content (AvgIpc) is 3.13. The lowest BCUT2D eigenvalue weighted by Crippen LogP contribution is -2.33. The normalized spacial score (nSPS) is 16.7. The lowest BCUT2D eigenvalue weighted by atomic mass is 10.2. The van der Waals surface area contributed by atoms with E-state index in [4.69, 9.17) is 4.74 Å². The third-order valence-electron chi connectivity index (χ3n) is 5.42. The summed E-state index contributed by atoms with van der Waals surface area (Å²) in [6.07, 6.45) is 5.71. The van der Waals surface area contributed by atoms with Crippen LogP contribution in [0.25, 0.3) is 0 Å². The maximum atomic E-state index is 13.2. The van der Waals surface area contributed by atoms with E-state index in [0.29, 0.717) is 18.0 Å². The number of hydrogen-bond donors (Lipinski definition) is 1. The Bertz CT molecular complexity index is 1230. The molecular formula is C26H30FN3O5S2. The number of carbonyl (C=O) groups is 2. The highest BCUT2D eigenvalue weighted by Crippen LogP contribution is 2.31. The van der Waals surface area contributed by atoms with Gasteiger partial charge in [-0.05, 0) is 55.0 Å². The Morgan fingerprint density at radius 3 is 2.51 bits per heavy atom. The first-order chi connectivity index (χ1) is 17.7. The van der Waals surface area contributed by atoms with Gasteiger partial charge in [0.15, 0.2) is 5.17 Å². The molecule has 3 rings (SSSR count). The van der Waals surface area contributed by atoms with E-state index in [2.05, 4.69) is 23.2 Å². The van der Waals surface area contributed by atoms with E-state index in [1.165, 1.54) is 17.4 Å². The van der Waals surface area contributed by atoms with E-state index in [-0.39, 0.29) is 23.0 Å². The summed E-state index contributed by atoms with van der Waals surface area (Å²) in [5.74, 6) is -0.722. The number of carbonyl (C=O) groups excluding carboxylic acids is 2. The molecule has 0 spiro atoms. The Hall–Kier alpha value is -3.18. The summed E-state index contributed by atoms with van der Waals surface area (Å²) in [7, 11) is -4.19. The van der Waals surface area contributed by atoms with Gasteiger partial charge in [0.05, 0.1) is 11.5 Å². The fourth-order valence-electron chi connectivity index (χ4n) is 3.50. The monoisotopic (exact) mass is 547 g/mol. The van der Waals surface area contributed by atoms with Gasteiger partial charge in [-0.25, -0.2) is 4.39 Å². The molecule has 1 fully saturated rings. The Balaban J connectivity index is 1.62. The second kappa shape index (κ2) is 13.4. The lowest BCUT2D eigenvalue weighted by Gasteiger charge is -2.13. The number of benzene rings is 2. The smallest absolute Gasteiger partial charge is 0.284 e. The molecular weight excluding hydrogens is 517 g/mol. The van der Waals surface area contributed by atoms with Crippen molar-refractivity contribution < 1.29 is 27.1 Å². The van der Waals surface area contributed by atoms with Crippen LogP contribution in [0.4, 0.5) is 10.1 Å². The first-order valence-corrected chi connectivity index (χ1v) is 14.3. The lowest BCUT2D eigenvalue weighted by molar-refractivity contribution is -0.127. The minimum absolute atomic E-state index is 0.0294. The first kappa shape index (κ1) is 28.4. The fraction of sp³-hybridized carbons (Fsp3) is 0.346. The predicted molar refractivity (Wildman–Crippen MR) is 144 cm³/mol. The summed E-state index contributed by atoms with van der Waals surface area (Å²) >= 11 is 0.892. The largest absolute Gasteiger partial charge is 0.494 e. The number of unbranched alkanes of at least 4 members (excludes halogenated alkanes) is 3. The molecule has 0 saturated carbocycles. The molecule has 0 bridgehead atoms. The van der Waals surface area contributed by atoms with Gasteiger partial charge in [-0.2, -0.15) is 8.42 Å². The van der Waals surface area contributed by atoms with Crippen molar-refractivity contribution in [3.05, 3.63) is 67.0 Å². The molecule has 2 aromatic rings. The molecule has 0 radical (unpaired) electrons. The second-order valence-electron chi connectivity index (χ2n) is 8.33. The molecule has 1 atom stereocenters. The van der Waals surface area contributed by atoms with Crippen molar-refractivity contribution in [2.24, 2.45) is 4.40 Å². The molecule has 2 aromatic carbocycles. The van der Waals surface area contributed by atoms with Gasteiger partial charge in [0.25, 0.3) is 10.0 Å². The molecule has 1 heterocycles. The van der Waals surface area contributed by atoms with Crippen LogP contribution >= 0.6 is 11.8 Å². The topological polar surface area (TPSA) is 105 Å². The summed E-state index contributed by atoms with van der Waals surface area (Å²) in [6.45, 7) is 6.41. The molecule has 0 aromatic heterocycles. The molecule has 1 unspecified atom stereocenters. The molecule has 198 valence electrons. The maximum absolute atomic E-state index is 13.2. The van der Waals surface area contributed by atoms with Crippen LogP contribution in [0.3, 0.4) is 0 Å². The van der Waals surface area contributed by atoms with Gasteiger partial charge in [-0.1, -0.05) is 44.0 Å². The predicted octanol–water partition coefficient (Wildman–Crippen LogP) is 4.99. The molecule has 8 nitrogen and oxygen atoms in total. The van der Waals surface area contributed by atoms with Gasteiger partial charge >= 0.3 is 0 Å².